The zero-order chi connectivity index (χ0) is 14.1. The van der Waals surface area contributed by atoms with Crippen LogP contribution in [0, 0.1) is 0 Å². The van der Waals surface area contributed by atoms with Crippen molar-refractivity contribution in [1.82, 2.24) is 15.1 Å². The monoisotopic (exact) mass is 259 g/mol. The molecule has 0 rings (SSSR count). The van der Waals surface area contributed by atoms with Crippen molar-refractivity contribution in [3.63, 3.8) is 0 Å². The molecule has 0 aromatic heterocycles. The Labute approximate surface area is 109 Å². The van der Waals surface area contributed by atoms with Crippen molar-refractivity contribution in [2.45, 2.75) is 33.2 Å². The largest absolute Gasteiger partial charge is 0.480 e. The van der Waals surface area contributed by atoms with E-state index in [0.717, 1.165) is 13.0 Å². The minimum atomic E-state index is -0.994. The standard InChI is InChI=1S/C12H25N3O3/c1-5-15(9-11(16)17)12(18)13-7-6-8-14(4)10(2)3/h10H,5-9H2,1-4H3,(H,13,18)(H,16,17). The average molecular weight is 259 g/mol. The number of carbonyl (C=O) groups excluding carboxylic acids is 1. The summed E-state index contributed by atoms with van der Waals surface area (Å²) in [5.74, 6) is -0.994. The lowest BCUT2D eigenvalue weighted by molar-refractivity contribution is -0.137. The molecule has 6 nitrogen and oxygen atoms in total. The number of aliphatic carboxylic acids is 1. The highest BCUT2D eigenvalue weighted by Crippen LogP contribution is 1.95. The Balaban J connectivity index is 3.84. The van der Waals surface area contributed by atoms with Crippen LogP contribution >= 0.6 is 0 Å². The SMILES string of the molecule is CCN(CC(=O)O)C(=O)NCCCN(C)C(C)C. The Morgan fingerprint density at radius 3 is 2.39 bits per heavy atom. The van der Waals surface area contributed by atoms with Crippen LogP contribution in [-0.2, 0) is 4.79 Å². The zero-order valence-electron chi connectivity index (χ0n) is 11.8. The molecule has 2 N–H and O–H groups in total. The molecule has 0 unspecified atom stereocenters. The van der Waals surface area contributed by atoms with E-state index in [-0.39, 0.29) is 12.6 Å². The maximum atomic E-state index is 11.6. The van der Waals surface area contributed by atoms with Crippen LogP contribution in [0.25, 0.3) is 0 Å². The molecule has 18 heavy (non-hydrogen) atoms. The lowest BCUT2D eigenvalue weighted by Crippen LogP contribution is -2.43. The van der Waals surface area contributed by atoms with Crippen LogP contribution in [0.5, 0.6) is 0 Å². The third-order valence-electron chi connectivity index (χ3n) is 2.84. The second-order valence-electron chi connectivity index (χ2n) is 4.57. The van der Waals surface area contributed by atoms with E-state index in [1.165, 1.54) is 4.90 Å². The number of likely N-dealkylation sites (N-methyl/N-ethyl adjacent to an activating group) is 1. The van der Waals surface area contributed by atoms with Crippen LogP contribution in [0.1, 0.15) is 27.2 Å². The normalized spacial score (nSPS) is 10.8. The molecule has 0 atom stereocenters. The lowest BCUT2D eigenvalue weighted by Gasteiger charge is -2.22. The van der Waals surface area contributed by atoms with Crippen molar-refractivity contribution in [2.24, 2.45) is 0 Å². The van der Waals surface area contributed by atoms with E-state index in [4.69, 9.17) is 5.11 Å². The summed E-state index contributed by atoms with van der Waals surface area (Å²) >= 11 is 0. The number of carboxylic acid groups (broad SMARTS) is 1. The van der Waals surface area contributed by atoms with Gasteiger partial charge in [0.2, 0.25) is 0 Å². The van der Waals surface area contributed by atoms with Crippen LogP contribution < -0.4 is 5.32 Å². The number of rotatable bonds is 8. The molecule has 0 fully saturated rings. The van der Waals surface area contributed by atoms with E-state index in [1.54, 1.807) is 6.92 Å². The van der Waals surface area contributed by atoms with Crippen molar-refractivity contribution in [3.05, 3.63) is 0 Å². The summed E-state index contributed by atoms with van der Waals surface area (Å²) in [5.41, 5.74) is 0. The number of urea groups is 1. The molecular formula is C12H25N3O3. The van der Waals surface area contributed by atoms with Crippen LogP contribution in [-0.4, -0.2) is 66.2 Å². The first-order chi connectivity index (χ1) is 8.38. The molecule has 0 spiro atoms. The second kappa shape index (κ2) is 8.74. The number of hydrogen-bond donors (Lipinski definition) is 2. The average Bonchev–Trinajstić information content (AvgIpc) is 2.30. The number of carboxylic acids is 1. The highest BCUT2D eigenvalue weighted by molar-refractivity contribution is 5.79. The van der Waals surface area contributed by atoms with Gasteiger partial charge < -0.3 is 20.2 Å². The van der Waals surface area contributed by atoms with Gasteiger partial charge in [-0.25, -0.2) is 4.79 Å². The Morgan fingerprint density at radius 2 is 1.94 bits per heavy atom. The predicted octanol–water partition coefficient (Wildman–Crippen LogP) is 0.833. The van der Waals surface area contributed by atoms with E-state index in [1.807, 2.05) is 7.05 Å². The Kier molecular flexibility index (Phi) is 8.11. The van der Waals surface area contributed by atoms with Gasteiger partial charge in [-0.05, 0) is 40.8 Å². The van der Waals surface area contributed by atoms with Crippen molar-refractivity contribution in [2.75, 3.05) is 33.2 Å². The summed E-state index contributed by atoms with van der Waals surface area (Å²) in [6, 6.07) is 0.173. The van der Waals surface area contributed by atoms with Crippen molar-refractivity contribution in [3.8, 4) is 0 Å². The molecule has 0 aliphatic rings. The minimum absolute atomic E-state index is 0.256. The van der Waals surface area contributed by atoms with Gasteiger partial charge in [0.05, 0.1) is 0 Å². The molecule has 0 aliphatic carbocycles. The summed E-state index contributed by atoms with van der Waals surface area (Å²) in [7, 11) is 2.04. The number of amides is 2. The van der Waals surface area contributed by atoms with Gasteiger partial charge in [0, 0.05) is 19.1 Å². The van der Waals surface area contributed by atoms with Gasteiger partial charge in [-0.2, -0.15) is 0 Å². The fourth-order valence-corrected chi connectivity index (χ4v) is 1.38. The van der Waals surface area contributed by atoms with E-state index in [2.05, 4.69) is 24.1 Å². The van der Waals surface area contributed by atoms with Crippen LogP contribution in [0.2, 0.25) is 0 Å². The summed E-state index contributed by atoms with van der Waals surface area (Å²) in [4.78, 5) is 25.6. The predicted molar refractivity (Wildman–Crippen MR) is 70.7 cm³/mol. The molecule has 0 aromatic carbocycles. The van der Waals surface area contributed by atoms with Crippen molar-refractivity contribution in [1.29, 1.82) is 0 Å². The molecular weight excluding hydrogens is 234 g/mol. The maximum absolute atomic E-state index is 11.6. The van der Waals surface area contributed by atoms with Gasteiger partial charge in [0.15, 0.2) is 0 Å². The topological polar surface area (TPSA) is 72.9 Å². The van der Waals surface area contributed by atoms with E-state index >= 15 is 0 Å². The van der Waals surface area contributed by atoms with Crippen LogP contribution in [0.15, 0.2) is 0 Å². The number of carbonyl (C=O) groups is 2. The second-order valence-corrected chi connectivity index (χ2v) is 4.57. The molecule has 106 valence electrons. The lowest BCUT2D eigenvalue weighted by atomic mass is 10.3. The van der Waals surface area contributed by atoms with E-state index in [9.17, 15) is 9.59 Å². The first kappa shape index (κ1) is 16.7. The van der Waals surface area contributed by atoms with Gasteiger partial charge >= 0.3 is 12.0 Å². The van der Waals surface area contributed by atoms with Gasteiger partial charge in [0.25, 0.3) is 0 Å². The highest BCUT2D eigenvalue weighted by Gasteiger charge is 2.13. The van der Waals surface area contributed by atoms with Crippen molar-refractivity contribution >= 4 is 12.0 Å². The molecule has 0 aromatic rings. The van der Waals surface area contributed by atoms with E-state index in [0.29, 0.717) is 19.1 Å². The summed E-state index contributed by atoms with van der Waals surface area (Å²) in [6.07, 6.45) is 0.852. The highest BCUT2D eigenvalue weighted by atomic mass is 16.4. The Bertz CT molecular complexity index is 269. The van der Waals surface area contributed by atoms with Crippen molar-refractivity contribution < 1.29 is 14.7 Å². The van der Waals surface area contributed by atoms with E-state index < -0.39 is 5.97 Å². The van der Waals surface area contributed by atoms with Gasteiger partial charge in [-0.15, -0.1) is 0 Å². The third-order valence-corrected chi connectivity index (χ3v) is 2.84. The van der Waals surface area contributed by atoms with Gasteiger partial charge in [-0.1, -0.05) is 0 Å². The number of nitrogens with zero attached hydrogens (tertiary/aromatic N) is 2. The molecule has 0 aliphatic heterocycles. The smallest absolute Gasteiger partial charge is 0.323 e. The van der Waals surface area contributed by atoms with Crippen LogP contribution in [0.3, 0.4) is 0 Å². The molecule has 0 heterocycles. The number of hydrogen-bond acceptors (Lipinski definition) is 3. The fourth-order valence-electron chi connectivity index (χ4n) is 1.38. The first-order valence-corrected chi connectivity index (χ1v) is 6.33. The molecule has 0 saturated heterocycles. The molecule has 2 amide bonds. The minimum Gasteiger partial charge on any atom is -0.480 e. The summed E-state index contributed by atoms with van der Waals surface area (Å²) < 4.78 is 0. The third kappa shape index (κ3) is 7.11. The quantitative estimate of drug-likeness (QED) is 0.633. The summed E-state index contributed by atoms with van der Waals surface area (Å²) in [6.45, 7) is 7.59. The molecule has 0 bridgehead atoms. The van der Waals surface area contributed by atoms with Gasteiger partial charge in [-0.3, -0.25) is 4.79 Å². The number of nitrogens with one attached hydrogen (secondary N) is 1. The molecule has 0 radical (unpaired) electrons. The molecule has 0 saturated carbocycles. The van der Waals surface area contributed by atoms with Crippen LogP contribution in [0.4, 0.5) is 4.79 Å². The Morgan fingerprint density at radius 1 is 1.33 bits per heavy atom. The first-order valence-electron chi connectivity index (χ1n) is 6.33. The zero-order valence-corrected chi connectivity index (χ0v) is 11.8. The fraction of sp³-hybridized carbons (Fsp3) is 0.833. The Hall–Kier alpha value is -1.30. The molecule has 6 heteroatoms. The maximum Gasteiger partial charge on any atom is 0.323 e. The van der Waals surface area contributed by atoms with Gasteiger partial charge in [0.1, 0.15) is 6.54 Å². The summed E-state index contributed by atoms with van der Waals surface area (Å²) in [5, 5.41) is 11.4.